The van der Waals surface area contributed by atoms with Gasteiger partial charge in [-0.2, -0.15) is 0 Å². The van der Waals surface area contributed by atoms with Gasteiger partial charge in [0, 0.05) is 0 Å². The van der Waals surface area contributed by atoms with Crippen molar-refractivity contribution in [3.63, 3.8) is 0 Å². The fourth-order valence-electron chi connectivity index (χ4n) is 4.42. The van der Waals surface area contributed by atoms with E-state index in [1.807, 2.05) is 23.2 Å². The summed E-state index contributed by atoms with van der Waals surface area (Å²) in [5.74, 6) is 0.519. The van der Waals surface area contributed by atoms with Gasteiger partial charge in [-0.05, 0) is 46.2 Å². The standard InChI is InChI=1S/C22H16B2Cl2S2/c1-27-23-17-9-14-8-7-13-5-3-4-6-15(13)16(14)10-18(17)24(28-2)20-12-22(26)21(25)11-19(20)23/h3-12H,1-2H3. The van der Waals surface area contributed by atoms with Gasteiger partial charge in [-0.1, -0.05) is 93.6 Å². The highest BCUT2D eigenvalue weighted by Gasteiger charge is 2.37. The maximum Gasteiger partial charge on any atom is 0.273 e. The van der Waals surface area contributed by atoms with E-state index in [2.05, 4.69) is 73.2 Å². The number of benzene rings is 4. The van der Waals surface area contributed by atoms with Crippen LogP contribution in [-0.2, 0) is 0 Å². The van der Waals surface area contributed by atoms with Crippen LogP contribution in [0, 0.1) is 0 Å². The van der Waals surface area contributed by atoms with Crippen molar-refractivity contribution >= 4 is 102 Å². The van der Waals surface area contributed by atoms with Crippen LogP contribution in [-0.4, -0.2) is 24.5 Å². The van der Waals surface area contributed by atoms with Crippen LogP contribution < -0.4 is 21.9 Å². The molecule has 5 rings (SSSR count). The smallest absolute Gasteiger partial charge is 0.200 e. The molecule has 0 aromatic heterocycles. The second-order valence-electron chi connectivity index (χ2n) is 7.12. The fourth-order valence-corrected chi connectivity index (χ4v) is 6.59. The van der Waals surface area contributed by atoms with Crippen molar-refractivity contribution in [1.29, 1.82) is 0 Å². The lowest BCUT2D eigenvalue weighted by molar-refractivity contribution is 1.77. The third-order valence-corrected chi connectivity index (χ3v) is 8.36. The molecule has 4 aromatic rings. The highest BCUT2D eigenvalue weighted by atomic mass is 35.5. The van der Waals surface area contributed by atoms with Crippen molar-refractivity contribution in [1.82, 2.24) is 0 Å². The first-order chi connectivity index (χ1) is 13.6. The molecule has 0 N–H and O–H groups in total. The molecule has 0 spiro atoms. The Labute approximate surface area is 184 Å². The Morgan fingerprint density at radius 3 is 1.79 bits per heavy atom. The molecule has 0 nitrogen and oxygen atoms in total. The number of fused-ring (bicyclic) bond motifs is 5. The third-order valence-electron chi connectivity index (χ3n) is 5.68. The Morgan fingerprint density at radius 1 is 0.607 bits per heavy atom. The summed E-state index contributed by atoms with van der Waals surface area (Å²) in [5, 5.41) is 6.47. The van der Waals surface area contributed by atoms with Crippen molar-refractivity contribution in [3.05, 3.63) is 70.7 Å². The van der Waals surface area contributed by atoms with Crippen LogP contribution in [0.2, 0.25) is 10.0 Å². The zero-order chi connectivity index (χ0) is 19.4. The van der Waals surface area contributed by atoms with Crippen molar-refractivity contribution in [3.8, 4) is 0 Å². The monoisotopic (exact) mass is 436 g/mol. The molecule has 136 valence electrons. The zero-order valence-corrected chi connectivity index (χ0v) is 18.6. The number of rotatable bonds is 2. The average molecular weight is 437 g/mol. The van der Waals surface area contributed by atoms with E-state index in [1.165, 1.54) is 43.4 Å². The van der Waals surface area contributed by atoms with E-state index in [0.29, 0.717) is 10.0 Å². The first kappa shape index (κ1) is 18.8. The molecule has 0 fully saturated rings. The molecular weight excluding hydrogens is 421 g/mol. The van der Waals surface area contributed by atoms with Gasteiger partial charge in [0.25, 0.3) is 12.0 Å². The fraction of sp³-hybridized carbons (Fsp3) is 0.0909. The molecule has 1 aliphatic heterocycles. The van der Waals surface area contributed by atoms with Gasteiger partial charge in [-0.25, -0.2) is 23.2 Å². The normalized spacial score (nSPS) is 13.1. The van der Waals surface area contributed by atoms with Gasteiger partial charge in [-0.15, -0.1) is 0 Å². The van der Waals surface area contributed by atoms with Crippen molar-refractivity contribution in [2.45, 2.75) is 0 Å². The molecule has 1 heterocycles. The largest absolute Gasteiger partial charge is 0.273 e. The summed E-state index contributed by atoms with van der Waals surface area (Å²) >= 11 is 16.5. The first-order valence-electron chi connectivity index (χ1n) is 9.12. The van der Waals surface area contributed by atoms with Gasteiger partial charge in [-0.3, -0.25) is 0 Å². The summed E-state index contributed by atoms with van der Waals surface area (Å²) in [6, 6.07) is 22.0. The SMILES string of the molecule is CSB1c2cc(Cl)c(Cl)cc2B(SC)c2cc3c(ccc4ccccc43)cc21. The van der Waals surface area contributed by atoms with Crippen LogP contribution in [0.3, 0.4) is 0 Å². The molecule has 28 heavy (non-hydrogen) atoms. The van der Waals surface area contributed by atoms with Crippen LogP contribution in [0.4, 0.5) is 0 Å². The molecule has 6 heteroatoms. The predicted octanol–water partition coefficient (Wildman–Crippen LogP) is 4.55. The Morgan fingerprint density at radius 2 is 1.14 bits per heavy atom. The Kier molecular flexibility index (Phi) is 4.87. The summed E-state index contributed by atoms with van der Waals surface area (Å²) in [5.41, 5.74) is 5.35. The van der Waals surface area contributed by atoms with E-state index in [1.54, 1.807) is 0 Å². The van der Waals surface area contributed by atoms with E-state index in [-0.39, 0.29) is 12.0 Å². The van der Waals surface area contributed by atoms with Gasteiger partial charge >= 0.3 is 0 Å². The maximum absolute atomic E-state index is 6.41. The highest BCUT2D eigenvalue weighted by molar-refractivity contribution is 8.29. The van der Waals surface area contributed by atoms with E-state index in [0.717, 1.165) is 0 Å². The number of hydrogen-bond acceptors (Lipinski definition) is 2. The zero-order valence-electron chi connectivity index (χ0n) is 15.5. The minimum absolute atomic E-state index is 0.256. The lowest BCUT2D eigenvalue weighted by atomic mass is 9.41. The minimum atomic E-state index is 0.256. The van der Waals surface area contributed by atoms with Crippen LogP contribution in [0.25, 0.3) is 21.5 Å². The third kappa shape index (κ3) is 2.81. The number of hydrogen-bond donors (Lipinski definition) is 0. The predicted molar refractivity (Wildman–Crippen MR) is 135 cm³/mol. The van der Waals surface area contributed by atoms with Crippen LogP contribution in [0.1, 0.15) is 0 Å². The van der Waals surface area contributed by atoms with Gasteiger partial charge in [0.1, 0.15) is 0 Å². The lowest BCUT2D eigenvalue weighted by Crippen LogP contribution is -2.66. The van der Waals surface area contributed by atoms with Gasteiger partial charge in [0.05, 0.1) is 10.0 Å². The Balaban J connectivity index is 1.85. The summed E-state index contributed by atoms with van der Waals surface area (Å²) < 4.78 is 0. The summed E-state index contributed by atoms with van der Waals surface area (Å²) in [6.07, 6.45) is 4.35. The van der Waals surface area contributed by atoms with E-state index in [9.17, 15) is 0 Å². The quantitative estimate of drug-likeness (QED) is 0.334. The van der Waals surface area contributed by atoms with Crippen LogP contribution >= 0.6 is 46.4 Å². The molecule has 0 atom stereocenters. The molecule has 4 aromatic carbocycles. The molecule has 0 saturated heterocycles. The van der Waals surface area contributed by atoms with Crippen molar-refractivity contribution in [2.24, 2.45) is 0 Å². The van der Waals surface area contributed by atoms with E-state index >= 15 is 0 Å². The van der Waals surface area contributed by atoms with Crippen molar-refractivity contribution < 1.29 is 0 Å². The molecular formula is C22H16B2Cl2S2. The van der Waals surface area contributed by atoms with E-state index < -0.39 is 0 Å². The van der Waals surface area contributed by atoms with E-state index in [4.69, 9.17) is 23.2 Å². The highest BCUT2D eigenvalue weighted by Crippen LogP contribution is 2.27. The van der Waals surface area contributed by atoms with Crippen LogP contribution in [0.15, 0.2) is 60.7 Å². The topological polar surface area (TPSA) is 0 Å². The molecule has 0 aliphatic carbocycles. The van der Waals surface area contributed by atoms with Gasteiger partial charge in [0.15, 0.2) is 0 Å². The summed E-state index contributed by atoms with van der Waals surface area (Å²) in [7, 11) is 0. The summed E-state index contributed by atoms with van der Waals surface area (Å²) in [4.78, 5) is 0. The molecule has 0 amide bonds. The second-order valence-corrected chi connectivity index (χ2v) is 9.82. The number of halogens is 2. The second kappa shape index (κ2) is 7.25. The summed E-state index contributed by atoms with van der Waals surface area (Å²) in [6.45, 7) is 0. The molecule has 0 saturated carbocycles. The van der Waals surface area contributed by atoms with Gasteiger partial charge in [0.2, 0.25) is 0 Å². The lowest BCUT2D eigenvalue weighted by Gasteiger charge is -2.30. The minimum Gasteiger partial charge on any atom is -0.200 e. The maximum atomic E-state index is 6.41. The Hall–Kier alpha value is -1.19. The average Bonchev–Trinajstić information content (AvgIpc) is 2.72. The molecule has 0 radical (unpaired) electrons. The van der Waals surface area contributed by atoms with Crippen molar-refractivity contribution in [2.75, 3.05) is 12.5 Å². The van der Waals surface area contributed by atoms with Crippen LogP contribution in [0.5, 0.6) is 0 Å². The molecule has 0 bridgehead atoms. The molecule has 1 aliphatic rings. The molecule has 0 unspecified atom stereocenters. The Bertz CT molecular complexity index is 1240. The van der Waals surface area contributed by atoms with Gasteiger partial charge < -0.3 is 0 Å². The first-order valence-corrected chi connectivity index (χ1v) is 12.4.